The SMILES string of the molecule is C[C@H]1CCCCCCC[C@@H](O)c2cccc(n2)C1. The molecule has 2 rings (SSSR count). The molecular formula is C16H25NO. The molecule has 2 atom stereocenters. The second-order valence-electron chi connectivity index (χ2n) is 5.72. The predicted octanol–water partition coefficient (Wildman–Crippen LogP) is 4.04. The Kier molecular flexibility index (Phi) is 5.18. The van der Waals surface area contributed by atoms with Gasteiger partial charge in [0.25, 0.3) is 0 Å². The third-order valence-corrected chi connectivity index (χ3v) is 3.90. The van der Waals surface area contributed by atoms with Gasteiger partial charge in [0.05, 0.1) is 11.8 Å². The zero-order valence-corrected chi connectivity index (χ0v) is 11.4. The van der Waals surface area contributed by atoms with Gasteiger partial charge in [0, 0.05) is 5.69 Å². The molecule has 0 fully saturated rings. The summed E-state index contributed by atoms with van der Waals surface area (Å²) in [4.78, 5) is 4.62. The average molecular weight is 247 g/mol. The van der Waals surface area contributed by atoms with Gasteiger partial charge in [0.1, 0.15) is 0 Å². The Balaban J connectivity index is 2.09. The molecule has 1 N–H and O–H groups in total. The molecule has 0 saturated heterocycles. The minimum atomic E-state index is -0.374. The summed E-state index contributed by atoms with van der Waals surface area (Å²) in [5, 5.41) is 10.1. The zero-order valence-electron chi connectivity index (χ0n) is 11.4. The molecule has 0 aliphatic carbocycles. The van der Waals surface area contributed by atoms with Crippen molar-refractivity contribution in [1.29, 1.82) is 0 Å². The van der Waals surface area contributed by atoms with Crippen molar-refractivity contribution >= 4 is 0 Å². The van der Waals surface area contributed by atoms with Crippen molar-refractivity contribution in [3.63, 3.8) is 0 Å². The summed E-state index contributed by atoms with van der Waals surface area (Å²) in [5.41, 5.74) is 2.00. The number of hydrogen-bond donors (Lipinski definition) is 1. The van der Waals surface area contributed by atoms with Crippen LogP contribution in [0.15, 0.2) is 18.2 Å². The molecule has 18 heavy (non-hydrogen) atoms. The zero-order chi connectivity index (χ0) is 12.8. The van der Waals surface area contributed by atoms with E-state index >= 15 is 0 Å². The molecule has 2 nitrogen and oxygen atoms in total. The first kappa shape index (κ1) is 13.5. The molecule has 2 heteroatoms. The van der Waals surface area contributed by atoms with Crippen molar-refractivity contribution in [2.24, 2.45) is 5.92 Å². The number of aromatic nitrogens is 1. The summed E-state index contributed by atoms with van der Waals surface area (Å²) < 4.78 is 0. The third kappa shape index (κ3) is 4.09. The average Bonchev–Trinajstić information content (AvgIpc) is 2.37. The minimum Gasteiger partial charge on any atom is -0.387 e. The van der Waals surface area contributed by atoms with Gasteiger partial charge in [0.15, 0.2) is 0 Å². The van der Waals surface area contributed by atoms with E-state index in [-0.39, 0.29) is 6.10 Å². The Morgan fingerprint density at radius 1 is 1.06 bits per heavy atom. The summed E-state index contributed by atoms with van der Waals surface area (Å²) in [7, 11) is 0. The van der Waals surface area contributed by atoms with Gasteiger partial charge in [-0.3, -0.25) is 4.98 Å². The monoisotopic (exact) mass is 247 g/mol. The summed E-state index contributed by atoms with van der Waals surface area (Å²) in [5.74, 6) is 0.700. The first-order chi connectivity index (χ1) is 8.75. The van der Waals surface area contributed by atoms with E-state index in [0.717, 1.165) is 30.7 Å². The molecule has 0 spiro atoms. The lowest BCUT2D eigenvalue weighted by molar-refractivity contribution is 0.158. The lowest BCUT2D eigenvalue weighted by atomic mass is 9.97. The molecule has 1 aliphatic heterocycles. The molecule has 0 aromatic carbocycles. The topological polar surface area (TPSA) is 33.1 Å². The molecule has 100 valence electrons. The van der Waals surface area contributed by atoms with Crippen LogP contribution in [0.1, 0.15) is 69.4 Å². The molecule has 0 saturated carbocycles. The van der Waals surface area contributed by atoms with E-state index in [9.17, 15) is 5.11 Å². The number of pyridine rings is 1. The van der Waals surface area contributed by atoms with Crippen LogP contribution in [-0.4, -0.2) is 10.1 Å². The summed E-state index contributed by atoms with van der Waals surface area (Å²) in [6.07, 6.45) is 9.16. The number of nitrogens with zero attached hydrogens (tertiary/aromatic N) is 1. The number of rotatable bonds is 0. The van der Waals surface area contributed by atoms with Crippen molar-refractivity contribution in [1.82, 2.24) is 4.98 Å². The molecule has 2 bridgehead atoms. The minimum absolute atomic E-state index is 0.374. The maximum atomic E-state index is 10.1. The van der Waals surface area contributed by atoms with E-state index in [4.69, 9.17) is 0 Å². The van der Waals surface area contributed by atoms with E-state index in [2.05, 4.69) is 18.0 Å². The van der Waals surface area contributed by atoms with Crippen LogP contribution in [0.2, 0.25) is 0 Å². The Labute approximate surface area is 110 Å². The van der Waals surface area contributed by atoms with Crippen LogP contribution in [0.5, 0.6) is 0 Å². The van der Waals surface area contributed by atoms with Gasteiger partial charge < -0.3 is 5.11 Å². The number of fused-ring (bicyclic) bond motifs is 2. The highest BCUT2D eigenvalue weighted by Crippen LogP contribution is 2.22. The van der Waals surface area contributed by atoms with Crippen LogP contribution in [0, 0.1) is 5.92 Å². The Morgan fingerprint density at radius 2 is 1.78 bits per heavy atom. The first-order valence-corrected chi connectivity index (χ1v) is 7.39. The highest BCUT2D eigenvalue weighted by atomic mass is 16.3. The second kappa shape index (κ2) is 6.89. The fraction of sp³-hybridized carbons (Fsp3) is 0.688. The lowest BCUT2D eigenvalue weighted by Crippen LogP contribution is -2.05. The Bertz CT molecular complexity index is 364. The van der Waals surface area contributed by atoms with Crippen molar-refractivity contribution in [3.05, 3.63) is 29.6 Å². The van der Waals surface area contributed by atoms with Gasteiger partial charge in [-0.05, 0) is 30.9 Å². The molecule has 1 aromatic heterocycles. The molecule has 2 heterocycles. The van der Waals surface area contributed by atoms with Gasteiger partial charge in [-0.2, -0.15) is 0 Å². The maximum Gasteiger partial charge on any atom is 0.0959 e. The van der Waals surface area contributed by atoms with Gasteiger partial charge in [-0.15, -0.1) is 0 Å². The van der Waals surface area contributed by atoms with Gasteiger partial charge in [-0.25, -0.2) is 0 Å². The molecular weight excluding hydrogens is 222 g/mol. The fourth-order valence-electron chi connectivity index (χ4n) is 2.77. The van der Waals surface area contributed by atoms with Crippen molar-refractivity contribution in [3.8, 4) is 0 Å². The van der Waals surface area contributed by atoms with E-state index in [1.165, 1.54) is 32.1 Å². The Morgan fingerprint density at radius 3 is 2.61 bits per heavy atom. The first-order valence-electron chi connectivity index (χ1n) is 7.39. The highest BCUT2D eigenvalue weighted by Gasteiger charge is 2.12. The molecule has 0 radical (unpaired) electrons. The van der Waals surface area contributed by atoms with E-state index < -0.39 is 0 Å². The summed E-state index contributed by atoms with van der Waals surface area (Å²) >= 11 is 0. The number of aliphatic hydroxyl groups excluding tert-OH is 1. The molecule has 1 aromatic rings. The largest absolute Gasteiger partial charge is 0.387 e. The second-order valence-corrected chi connectivity index (χ2v) is 5.72. The van der Waals surface area contributed by atoms with Crippen molar-refractivity contribution in [2.45, 2.75) is 64.4 Å². The van der Waals surface area contributed by atoms with Crippen LogP contribution in [0.3, 0.4) is 0 Å². The van der Waals surface area contributed by atoms with Crippen LogP contribution >= 0.6 is 0 Å². The van der Waals surface area contributed by atoms with Crippen LogP contribution < -0.4 is 0 Å². The number of hydrogen-bond acceptors (Lipinski definition) is 2. The fourth-order valence-corrected chi connectivity index (χ4v) is 2.77. The molecule has 1 aliphatic rings. The molecule has 0 amide bonds. The highest BCUT2D eigenvalue weighted by molar-refractivity contribution is 5.13. The van der Waals surface area contributed by atoms with Gasteiger partial charge >= 0.3 is 0 Å². The third-order valence-electron chi connectivity index (χ3n) is 3.90. The molecule has 0 unspecified atom stereocenters. The van der Waals surface area contributed by atoms with E-state index in [1.54, 1.807) is 0 Å². The maximum absolute atomic E-state index is 10.1. The van der Waals surface area contributed by atoms with E-state index in [0.29, 0.717) is 5.92 Å². The van der Waals surface area contributed by atoms with Gasteiger partial charge in [0.2, 0.25) is 0 Å². The quantitative estimate of drug-likeness (QED) is 0.750. The normalized spacial score (nSPS) is 26.8. The van der Waals surface area contributed by atoms with Crippen LogP contribution in [0.4, 0.5) is 0 Å². The van der Waals surface area contributed by atoms with Crippen molar-refractivity contribution in [2.75, 3.05) is 0 Å². The van der Waals surface area contributed by atoms with E-state index in [1.807, 2.05) is 12.1 Å². The smallest absolute Gasteiger partial charge is 0.0959 e. The summed E-state index contributed by atoms with van der Waals surface area (Å²) in [6.45, 7) is 2.31. The van der Waals surface area contributed by atoms with Crippen molar-refractivity contribution < 1.29 is 5.11 Å². The summed E-state index contributed by atoms with van der Waals surface area (Å²) in [6, 6.07) is 6.08. The number of aliphatic hydroxyl groups is 1. The predicted molar refractivity (Wildman–Crippen MR) is 74.4 cm³/mol. The Hall–Kier alpha value is -0.890. The van der Waals surface area contributed by atoms with Crippen LogP contribution in [0.25, 0.3) is 0 Å². The lowest BCUT2D eigenvalue weighted by Gasteiger charge is -2.12. The van der Waals surface area contributed by atoms with Gasteiger partial charge in [-0.1, -0.05) is 51.5 Å². The van der Waals surface area contributed by atoms with Crippen LogP contribution in [-0.2, 0) is 6.42 Å². The standard InChI is InChI=1S/C16H25NO/c1-13-8-5-3-2-4-6-11-16(18)15-10-7-9-14(12-13)17-15/h7,9-10,13,16,18H,2-6,8,11-12H2,1H3/t13-,16+/m0/s1.